The number of benzene rings is 1. The molecule has 2 N–H and O–H groups in total. The van der Waals surface area contributed by atoms with E-state index in [1.165, 1.54) is 6.08 Å². The second kappa shape index (κ2) is 5.18. The topological polar surface area (TPSA) is 57.2 Å². The lowest BCUT2D eigenvalue weighted by molar-refractivity contribution is -0.113. The summed E-state index contributed by atoms with van der Waals surface area (Å²) in [4.78, 5) is 10.9. The number of carbonyl (C=O) groups is 1. The average molecular weight is 258 g/mol. The third-order valence-electron chi connectivity index (χ3n) is 3.31. The summed E-state index contributed by atoms with van der Waals surface area (Å²) in [5.74, 6) is 0.356. The Bertz CT molecular complexity index is 654. The van der Waals surface area contributed by atoms with Gasteiger partial charge in [-0.05, 0) is 38.1 Å². The molecule has 1 heterocycles. The fourth-order valence-electron chi connectivity index (χ4n) is 2.40. The van der Waals surface area contributed by atoms with Gasteiger partial charge in [0.2, 0.25) is 5.91 Å². The Morgan fingerprint density at radius 2 is 2.21 bits per heavy atom. The van der Waals surface area contributed by atoms with E-state index in [1.54, 1.807) is 13.2 Å². The summed E-state index contributed by atoms with van der Waals surface area (Å²) in [5, 5.41) is 1.07. The summed E-state index contributed by atoms with van der Waals surface area (Å²) in [7, 11) is 1.64. The summed E-state index contributed by atoms with van der Waals surface area (Å²) < 4.78 is 7.46. The number of hydrogen-bond donors (Lipinski definition) is 1. The molecule has 19 heavy (non-hydrogen) atoms. The molecule has 1 aromatic heterocycles. The van der Waals surface area contributed by atoms with Crippen LogP contribution in [0.3, 0.4) is 0 Å². The second-order valence-corrected chi connectivity index (χ2v) is 4.36. The van der Waals surface area contributed by atoms with Crippen molar-refractivity contribution in [2.24, 2.45) is 5.73 Å². The number of ether oxygens (including phenoxy) is 1. The first-order valence-electron chi connectivity index (χ1n) is 6.22. The molecule has 0 bridgehead atoms. The molecule has 2 aromatic rings. The Morgan fingerprint density at radius 1 is 1.47 bits per heavy atom. The number of methoxy groups -OCH3 is 1. The number of amides is 1. The lowest BCUT2D eigenvalue weighted by Gasteiger charge is -2.04. The quantitative estimate of drug-likeness (QED) is 0.856. The highest BCUT2D eigenvalue weighted by Gasteiger charge is 2.12. The van der Waals surface area contributed by atoms with Gasteiger partial charge in [-0.25, -0.2) is 0 Å². The Morgan fingerprint density at radius 3 is 2.79 bits per heavy atom. The molecule has 0 spiro atoms. The van der Waals surface area contributed by atoms with Gasteiger partial charge in [0.05, 0.1) is 7.11 Å². The fraction of sp³-hybridized carbons (Fsp3) is 0.267. The Labute approximate surface area is 112 Å². The van der Waals surface area contributed by atoms with Crippen molar-refractivity contribution < 1.29 is 9.53 Å². The highest BCUT2D eigenvalue weighted by molar-refractivity contribution is 5.97. The zero-order chi connectivity index (χ0) is 14.0. The van der Waals surface area contributed by atoms with E-state index in [9.17, 15) is 4.79 Å². The van der Waals surface area contributed by atoms with E-state index in [0.29, 0.717) is 0 Å². The van der Waals surface area contributed by atoms with E-state index in [1.807, 2.05) is 25.1 Å². The number of nitrogens with zero attached hydrogens (tertiary/aromatic N) is 1. The number of primary amides is 1. The van der Waals surface area contributed by atoms with Gasteiger partial charge >= 0.3 is 0 Å². The fourth-order valence-corrected chi connectivity index (χ4v) is 2.40. The Balaban J connectivity index is 2.72. The Hall–Kier alpha value is -2.23. The van der Waals surface area contributed by atoms with Crippen LogP contribution in [0.4, 0.5) is 0 Å². The molecule has 0 aliphatic heterocycles. The third kappa shape index (κ3) is 2.34. The Kier molecular flexibility index (Phi) is 3.60. The predicted octanol–water partition coefficient (Wildman–Crippen LogP) is 2.48. The first-order chi connectivity index (χ1) is 9.08. The molecule has 0 radical (unpaired) electrons. The molecule has 0 fully saturated rings. The number of aromatic nitrogens is 1. The molecular formula is C15H18N2O2. The number of rotatable bonds is 4. The van der Waals surface area contributed by atoms with Gasteiger partial charge in [0, 0.05) is 34.8 Å². The van der Waals surface area contributed by atoms with E-state index < -0.39 is 5.91 Å². The van der Waals surface area contributed by atoms with E-state index in [2.05, 4.69) is 11.5 Å². The van der Waals surface area contributed by atoms with Crippen LogP contribution in [-0.2, 0) is 11.3 Å². The van der Waals surface area contributed by atoms with Crippen molar-refractivity contribution >= 4 is 22.9 Å². The van der Waals surface area contributed by atoms with Crippen LogP contribution in [0.1, 0.15) is 18.2 Å². The summed E-state index contributed by atoms with van der Waals surface area (Å²) in [6.07, 6.45) is 3.16. The van der Waals surface area contributed by atoms with Gasteiger partial charge < -0.3 is 15.0 Å². The van der Waals surface area contributed by atoms with Gasteiger partial charge in [0.1, 0.15) is 5.75 Å². The van der Waals surface area contributed by atoms with E-state index in [4.69, 9.17) is 10.5 Å². The summed E-state index contributed by atoms with van der Waals surface area (Å²) in [5.41, 5.74) is 8.43. The standard InChI is InChI=1S/C15H18N2O2/c1-4-17-10(2)12(6-8-15(16)18)13-9-11(19-3)5-7-14(13)17/h5-9H,4H2,1-3H3,(H2,16,18)/b8-6+. The van der Waals surface area contributed by atoms with Crippen molar-refractivity contribution in [2.45, 2.75) is 20.4 Å². The minimum absolute atomic E-state index is 0.445. The molecule has 0 aliphatic carbocycles. The van der Waals surface area contributed by atoms with Crippen molar-refractivity contribution in [2.75, 3.05) is 7.11 Å². The van der Waals surface area contributed by atoms with Crippen LogP contribution < -0.4 is 10.5 Å². The number of fused-ring (bicyclic) bond motifs is 1. The predicted molar refractivity (Wildman–Crippen MR) is 77.1 cm³/mol. The monoisotopic (exact) mass is 258 g/mol. The molecular weight excluding hydrogens is 240 g/mol. The summed E-state index contributed by atoms with van der Waals surface area (Å²) in [6, 6.07) is 5.96. The first-order valence-corrected chi connectivity index (χ1v) is 6.22. The van der Waals surface area contributed by atoms with E-state index in [-0.39, 0.29) is 0 Å². The number of aryl methyl sites for hydroxylation is 1. The highest BCUT2D eigenvalue weighted by Crippen LogP contribution is 2.30. The second-order valence-electron chi connectivity index (χ2n) is 4.36. The molecule has 100 valence electrons. The van der Waals surface area contributed by atoms with Crippen molar-refractivity contribution in [3.63, 3.8) is 0 Å². The molecule has 4 heteroatoms. The van der Waals surface area contributed by atoms with E-state index >= 15 is 0 Å². The van der Waals surface area contributed by atoms with Crippen molar-refractivity contribution in [3.05, 3.63) is 35.5 Å². The molecule has 0 saturated heterocycles. The van der Waals surface area contributed by atoms with E-state index in [0.717, 1.165) is 34.5 Å². The van der Waals surface area contributed by atoms with Gasteiger partial charge in [0.15, 0.2) is 0 Å². The van der Waals surface area contributed by atoms with Gasteiger partial charge in [0.25, 0.3) is 0 Å². The minimum atomic E-state index is -0.445. The lowest BCUT2D eigenvalue weighted by atomic mass is 10.1. The molecule has 0 aliphatic rings. The molecule has 0 atom stereocenters. The lowest BCUT2D eigenvalue weighted by Crippen LogP contribution is -2.05. The van der Waals surface area contributed by atoms with Gasteiger partial charge in [-0.15, -0.1) is 0 Å². The maximum absolute atomic E-state index is 10.9. The van der Waals surface area contributed by atoms with Crippen LogP contribution in [0.5, 0.6) is 5.75 Å². The molecule has 1 aromatic carbocycles. The SMILES string of the molecule is CCn1c(C)c(/C=C/C(N)=O)c2cc(OC)ccc21. The largest absolute Gasteiger partial charge is 0.497 e. The summed E-state index contributed by atoms with van der Waals surface area (Å²) in [6.45, 7) is 5.01. The first kappa shape index (κ1) is 13.2. The van der Waals surface area contributed by atoms with Gasteiger partial charge in [-0.3, -0.25) is 4.79 Å². The van der Waals surface area contributed by atoms with Crippen molar-refractivity contribution in [3.8, 4) is 5.75 Å². The molecule has 4 nitrogen and oxygen atoms in total. The number of nitrogens with two attached hydrogens (primary N) is 1. The van der Waals surface area contributed by atoms with Crippen LogP contribution in [-0.4, -0.2) is 17.6 Å². The average Bonchev–Trinajstić information content (AvgIpc) is 2.66. The van der Waals surface area contributed by atoms with Crippen LogP contribution in [0.15, 0.2) is 24.3 Å². The van der Waals surface area contributed by atoms with Crippen LogP contribution in [0, 0.1) is 6.92 Å². The normalized spacial score (nSPS) is 11.3. The highest BCUT2D eigenvalue weighted by atomic mass is 16.5. The maximum Gasteiger partial charge on any atom is 0.241 e. The van der Waals surface area contributed by atoms with Gasteiger partial charge in [-0.2, -0.15) is 0 Å². The van der Waals surface area contributed by atoms with Crippen LogP contribution >= 0.6 is 0 Å². The number of hydrogen-bond acceptors (Lipinski definition) is 2. The minimum Gasteiger partial charge on any atom is -0.497 e. The smallest absolute Gasteiger partial charge is 0.241 e. The summed E-state index contributed by atoms with van der Waals surface area (Å²) >= 11 is 0. The molecule has 0 unspecified atom stereocenters. The molecule has 0 saturated carbocycles. The molecule has 2 rings (SSSR count). The van der Waals surface area contributed by atoms with Gasteiger partial charge in [-0.1, -0.05) is 0 Å². The zero-order valence-corrected chi connectivity index (χ0v) is 11.4. The maximum atomic E-state index is 10.9. The van der Waals surface area contributed by atoms with Crippen LogP contribution in [0.2, 0.25) is 0 Å². The van der Waals surface area contributed by atoms with Crippen molar-refractivity contribution in [1.82, 2.24) is 4.57 Å². The number of carbonyl (C=O) groups excluding carboxylic acids is 1. The third-order valence-corrected chi connectivity index (χ3v) is 3.31. The van der Waals surface area contributed by atoms with Crippen molar-refractivity contribution in [1.29, 1.82) is 0 Å². The van der Waals surface area contributed by atoms with Crippen LogP contribution in [0.25, 0.3) is 17.0 Å². The molecule has 1 amide bonds. The zero-order valence-electron chi connectivity index (χ0n) is 11.4.